The second kappa shape index (κ2) is 10.4. The quantitative estimate of drug-likeness (QED) is 0.418. The number of likely N-dealkylation sites (tertiary alicyclic amines) is 1. The second-order valence-corrected chi connectivity index (χ2v) is 11.8. The van der Waals surface area contributed by atoms with Crippen LogP contribution in [0.4, 0.5) is 0 Å². The van der Waals surface area contributed by atoms with E-state index in [0.717, 1.165) is 5.52 Å². The van der Waals surface area contributed by atoms with E-state index < -0.39 is 41.1 Å². The number of carbonyl (C=O) groups is 3. The number of cyclic esters (lactones) is 1. The van der Waals surface area contributed by atoms with E-state index in [1.165, 1.54) is 4.90 Å². The lowest BCUT2D eigenvalue weighted by Gasteiger charge is -2.41. The largest absolute Gasteiger partial charge is 0.465 e. The number of hydrogen-bond donors (Lipinski definition) is 1. The van der Waals surface area contributed by atoms with Gasteiger partial charge in [-0.05, 0) is 37.3 Å². The highest BCUT2D eigenvalue weighted by Crippen LogP contribution is 2.58. The smallest absolute Gasteiger partial charge is 0.313 e. The molecule has 41 heavy (non-hydrogen) atoms. The van der Waals surface area contributed by atoms with Gasteiger partial charge in [0, 0.05) is 6.54 Å². The highest BCUT2D eigenvalue weighted by molar-refractivity contribution is 5.99. The topological polar surface area (TPSA) is 127 Å². The molecule has 1 spiro atoms. The van der Waals surface area contributed by atoms with E-state index in [9.17, 15) is 19.5 Å². The van der Waals surface area contributed by atoms with Gasteiger partial charge in [0.1, 0.15) is 35.3 Å². The zero-order valence-electron chi connectivity index (χ0n) is 23.7. The van der Waals surface area contributed by atoms with Crippen LogP contribution >= 0.6 is 0 Å². The van der Waals surface area contributed by atoms with Gasteiger partial charge in [0.15, 0.2) is 0 Å². The highest BCUT2D eigenvalue weighted by Gasteiger charge is 2.76. The Bertz CT molecular complexity index is 1420. The molecule has 2 aromatic rings. The number of nitrogens with zero attached hydrogens (tertiary/aromatic N) is 5. The van der Waals surface area contributed by atoms with Crippen molar-refractivity contribution in [1.29, 1.82) is 0 Å². The molecular weight excluding hydrogens is 526 g/mol. The summed E-state index contributed by atoms with van der Waals surface area (Å²) in [7, 11) is 0. The molecule has 5 heterocycles. The van der Waals surface area contributed by atoms with Gasteiger partial charge in [0.2, 0.25) is 5.91 Å². The third-order valence-corrected chi connectivity index (χ3v) is 9.19. The maximum absolute atomic E-state index is 14.6. The Morgan fingerprint density at radius 1 is 1.10 bits per heavy atom. The third-order valence-electron chi connectivity index (χ3n) is 9.19. The van der Waals surface area contributed by atoms with E-state index in [1.54, 1.807) is 9.58 Å². The Morgan fingerprint density at radius 3 is 2.66 bits per heavy atom. The van der Waals surface area contributed by atoms with Crippen molar-refractivity contribution >= 4 is 28.8 Å². The van der Waals surface area contributed by atoms with Gasteiger partial charge in [0.25, 0.3) is 5.91 Å². The lowest BCUT2D eigenvalue weighted by Crippen LogP contribution is -2.59. The van der Waals surface area contributed by atoms with Crippen LogP contribution in [0.15, 0.2) is 48.6 Å². The summed E-state index contributed by atoms with van der Waals surface area (Å²) < 4.78 is 14.3. The first-order valence-corrected chi connectivity index (χ1v) is 14.5. The zero-order valence-corrected chi connectivity index (χ0v) is 23.7. The molecule has 1 N–H and O–H groups in total. The van der Waals surface area contributed by atoms with E-state index in [2.05, 4.69) is 10.3 Å². The van der Waals surface area contributed by atoms with Gasteiger partial charge in [-0.25, -0.2) is 4.68 Å². The first-order valence-electron chi connectivity index (χ1n) is 14.5. The summed E-state index contributed by atoms with van der Waals surface area (Å²) in [4.78, 5) is 45.9. The summed E-state index contributed by atoms with van der Waals surface area (Å²) in [6.45, 7) is 6.00. The first-order chi connectivity index (χ1) is 19.8. The number of aromatic nitrogens is 3. The van der Waals surface area contributed by atoms with E-state index in [-0.39, 0.29) is 44.2 Å². The minimum absolute atomic E-state index is 0.110. The molecule has 0 bridgehead atoms. The molecule has 1 unspecified atom stereocenters. The van der Waals surface area contributed by atoms with Gasteiger partial charge >= 0.3 is 5.97 Å². The Balaban J connectivity index is 1.48. The molecule has 1 aromatic carbocycles. The monoisotopic (exact) mass is 563 g/mol. The van der Waals surface area contributed by atoms with Crippen LogP contribution in [0.1, 0.15) is 40.0 Å². The predicted molar refractivity (Wildman–Crippen MR) is 148 cm³/mol. The molecule has 6 atom stereocenters. The van der Waals surface area contributed by atoms with Crippen LogP contribution in [-0.4, -0.2) is 90.7 Å². The number of aliphatic hydroxyl groups excluding tert-OH is 1. The van der Waals surface area contributed by atoms with Gasteiger partial charge in [-0.15, -0.1) is 5.10 Å². The number of ether oxygens (including phenoxy) is 2. The van der Waals surface area contributed by atoms with E-state index >= 15 is 0 Å². The number of amides is 2. The molecule has 11 nitrogen and oxygen atoms in total. The fourth-order valence-corrected chi connectivity index (χ4v) is 7.15. The van der Waals surface area contributed by atoms with Gasteiger partial charge < -0.3 is 24.4 Å². The first kappa shape index (κ1) is 27.6. The molecular formula is C30H37N5O6. The normalized spacial score (nSPS) is 33.1. The summed E-state index contributed by atoms with van der Waals surface area (Å²) in [6, 6.07) is 5.76. The second-order valence-electron chi connectivity index (χ2n) is 11.8. The van der Waals surface area contributed by atoms with Crippen molar-refractivity contribution < 1.29 is 29.0 Å². The molecule has 2 fully saturated rings. The van der Waals surface area contributed by atoms with Crippen LogP contribution < -0.4 is 0 Å². The maximum Gasteiger partial charge on any atom is 0.313 e. The Kier molecular flexibility index (Phi) is 6.97. The fraction of sp³-hybridized carbons (Fsp3) is 0.567. The molecule has 218 valence electrons. The van der Waals surface area contributed by atoms with Crippen LogP contribution in [0.3, 0.4) is 0 Å². The molecule has 4 aliphatic heterocycles. The van der Waals surface area contributed by atoms with Crippen molar-refractivity contribution in [3.05, 3.63) is 48.6 Å². The molecule has 0 saturated carbocycles. The number of esters is 1. The van der Waals surface area contributed by atoms with Crippen LogP contribution in [0.2, 0.25) is 0 Å². The minimum atomic E-state index is -1.42. The number of hydrogen-bond acceptors (Lipinski definition) is 8. The van der Waals surface area contributed by atoms with Gasteiger partial charge in [-0.2, -0.15) is 0 Å². The van der Waals surface area contributed by atoms with E-state index in [1.807, 2.05) is 69.3 Å². The van der Waals surface area contributed by atoms with Crippen molar-refractivity contribution in [2.75, 3.05) is 19.8 Å². The predicted octanol–water partition coefficient (Wildman–Crippen LogP) is 2.06. The number of benzene rings is 1. The standard InChI is InChI=1S/C30H37N5O6/c1-4-29-13-8-5-9-16-40-28(39)24(29)23-26(37)35(22(17-36)19(2)3)25-27(38)33(15-10-14-30(23,25)41-29)18-34-21-12-7-6-11-20(21)31-32-34/h6-8,10-14,19,22-25,36H,4-5,9,15-18H2,1-3H3/b13-8-/t22-,23-,24+,25?,29-,30-/m0/s1. The van der Waals surface area contributed by atoms with Crippen molar-refractivity contribution in [2.24, 2.45) is 17.8 Å². The lowest BCUT2D eigenvalue weighted by molar-refractivity contribution is -0.164. The van der Waals surface area contributed by atoms with Crippen LogP contribution in [0.5, 0.6) is 0 Å². The number of para-hydroxylation sites is 1. The van der Waals surface area contributed by atoms with Crippen LogP contribution in [-0.2, 0) is 30.5 Å². The van der Waals surface area contributed by atoms with E-state index in [0.29, 0.717) is 24.8 Å². The molecule has 6 rings (SSSR count). The van der Waals surface area contributed by atoms with Crippen molar-refractivity contribution in [1.82, 2.24) is 24.8 Å². The van der Waals surface area contributed by atoms with Crippen molar-refractivity contribution in [2.45, 2.75) is 70.0 Å². The Hall–Kier alpha value is -3.57. The summed E-state index contributed by atoms with van der Waals surface area (Å²) in [6.07, 6.45) is 9.35. The fourth-order valence-electron chi connectivity index (χ4n) is 7.15. The highest BCUT2D eigenvalue weighted by atomic mass is 16.6. The maximum atomic E-state index is 14.6. The van der Waals surface area contributed by atoms with Gasteiger partial charge in [0.05, 0.1) is 30.7 Å². The van der Waals surface area contributed by atoms with Gasteiger partial charge in [-0.3, -0.25) is 14.4 Å². The van der Waals surface area contributed by atoms with Crippen LogP contribution in [0.25, 0.3) is 11.0 Å². The Morgan fingerprint density at radius 2 is 1.90 bits per heavy atom. The molecule has 0 radical (unpaired) electrons. The Labute approximate surface area is 238 Å². The van der Waals surface area contributed by atoms with Crippen LogP contribution in [0, 0.1) is 17.8 Å². The SMILES string of the molecule is CC[C@]12/C=C\CCCOC(=O)[C@H]1[C@H]1C(=O)N([C@@H](CO)C(C)C)C3C(=O)N(Cn4nnc5ccccc54)CC=C[C@@]31O2. The summed E-state index contributed by atoms with van der Waals surface area (Å²) in [5.74, 6) is -3.27. The van der Waals surface area contributed by atoms with Crippen molar-refractivity contribution in [3.63, 3.8) is 0 Å². The molecule has 2 amide bonds. The van der Waals surface area contributed by atoms with Gasteiger partial charge in [-0.1, -0.05) is 62.4 Å². The third kappa shape index (κ3) is 4.12. The molecule has 11 heteroatoms. The van der Waals surface area contributed by atoms with Crippen molar-refractivity contribution in [3.8, 4) is 0 Å². The zero-order chi connectivity index (χ0) is 28.9. The lowest BCUT2D eigenvalue weighted by atomic mass is 9.73. The summed E-state index contributed by atoms with van der Waals surface area (Å²) >= 11 is 0. The summed E-state index contributed by atoms with van der Waals surface area (Å²) in [5.41, 5.74) is -1.04. The van der Waals surface area contributed by atoms with E-state index in [4.69, 9.17) is 9.47 Å². The number of allylic oxidation sites excluding steroid dienone is 1. The summed E-state index contributed by atoms with van der Waals surface area (Å²) in [5, 5.41) is 19.0. The number of fused-ring (bicyclic) bond motifs is 3. The molecule has 4 aliphatic rings. The number of rotatable bonds is 6. The molecule has 1 aromatic heterocycles. The molecule has 0 aliphatic carbocycles. The average molecular weight is 564 g/mol. The average Bonchev–Trinajstić information content (AvgIpc) is 3.55. The minimum Gasteiger partial charge on any atom is -0.465 e. The molecule has 2 saturated heterocycles. The number of aliphatic hydroxyl groups is 1. The number of carbonyl (C=O) groups excluding carboxylic acids is 3.